The highest BCUT2D eigenvalue weighted by Crippen LogP contribution is 2.34. The Labute approximate surface area is 167 Å². The van der Waals surface area contributed by atoms with Crippen LogP contribution in [-0.4, -0.2) is 41.1 Å². The first kappa shape index (κ1) is 18.9. The third kappa shape index (κ3) is 4.33. The average Bonchev–Trinajstić information content (AvgIpc) is 2.77. The third-order valence-corrected chi connectivity index (χ3v) is 5.70. The molecule has 0 bridgehead atoms. The molecule has 1 fully saturated rings. The van der Waals surface area contributed by atoms with Gasteiger partial charge in [-0.15, -0.1) is 0 Å². The molecule has 1 aliphatic heterocycles. The van der Waals surface area contributed by atoms with Gasteiger partial charge in [0.15, 0.2) is 0 Å². The fourth-order valence-electron chi connectivity index (χ4n) is 4.26. The second kappa shape index (κ2) is 9.16. The summed E-state index contributed by atoms with van der Waals surface area (Å²) in [6, 6.07) is 32.1. The van der Waals surface area contributed by atoms with Crippen molar-refractivity contribution in [3.05, 3.63) is 108 Å². The smallest absolute Gasteiger partial charge is 0.0628 e. The van der Waals surface area contributed by atoms with E-state index in [9.17, 15) is 5.11 Å². The number of benzene rings is 3. The van der Waals surface area contributed by atoms with Crippen LogP contribution in [0.4, 0.5) is 0 Å². The largest absolute Gasteiger partial charge is 0.394 e. The molecule has 0 unspecified atom stereocenters. The van der Waals surface area contributed by atoms with E-state index in [1.807, 2.05) is 6.07 Å². The zero-order valence-electron chi connectivity index (χ0n) is 16.2. The molecule has 3 nitrogen and oxygen atoms in total. The fourth-order valence-corrected chi connectivity index (χ4v) is 4.26. The lowest BCUT2D eigenvalue weighted by molar-refractivity contribution is 0.0139. The average molecular weight is 373 g/mol. The van der Waals surface area contributed by atoms with Crippen molar-refractivity contribution in [2.24, 2.45) is 0 Å². The van der Waals surface area contributed by atoms with Crippen LogP contribution in [0.15, 0.2) is 91.0 Å². The molecule has 3 aromatic carbocycles. The Morgan fingerprint density at radius 3 is 2.04 bits per heavy atom. The van der Waals surface area contributed by atoms with Crippen molar-refractivity contribution in [1.82, 2.24) is 9.80 Å². The molecule has 1 aliphatic rings. The highest BCUT2D eigenvalue weighted by atomic mass is 16.3. The van der Waals surface area contributed by atoms with Gasteiger partial charge in [0.2, 0.25) is 0 Å². The molecular formula is C25H28N2O. The Kier molecular flexibility index (Phi) is 6.17. The molecule has 0 spiro atoms. The first-order chi connectivity index (χ1) is 13.8. The molecule has 3 aromatic rings. The monoisotopic (exact) mass is 372 g/mol. The second-order valence-corrected chi connectivity index (χ2v) is 7.49. The minimum atomic E-state index is 0.0188. The highest BCUT2D eigenvalue weighted by Gasteiger charge is 2.33. The van der Waals surface area contributed by atoms with Crippen LogP contribution in [0.25, 0.3) is 0 Å². The maximum Gasteiger partial charge on any atom is 0.0628 e. The van der Waals surface area contributed by atoms with Crippen LogP contribution in [0.3, 0.4) is 0 Å². The summed E-state index contributed by atoms with van der Waals surface area (Å²) in [5.41, 5.74) is 3.85. The summed E-state index contributed by atoms with van der Waals surface area (Å²) in [7, 11) is 0. The summed E-state index contributed by atoms with van der Waals surface area (Å²) >= 11 is 0. The molecule has 0 aromatic heterocycles. The molecule has 0 amide bonds. The normalized spacial score (nSPS) is 19.4. The minimum absolute atomic E-state index is 0.0188. The van der Waals surface area contributed by atoms with E-state index in [2.05, 4.69) is 94.7 Å². The predicted molar refractivity (Wildman–Crippen MR) is 114 cm³/mol. The van der Waals surface area contributed by atoms with Crippen LogP contribution in [0.2, 0.25) is 0 Å². The molecule has 28 heavy (non-hydrogen) atoms. The molecule has 2 atom stereocenters. The zero-order chi connectivity index (χ0) is 19.2. The van der Waals surface area contributed by atoms with Crippen molar-refractivity contribution in [2.75, 3.05) is 26.2 Å². The number of aliphatic hydroxyl groups excluding tert-OH is 1. The number of aliphatic hydroxyl groups is 1. The molecular weight excluding hydrogens is 344 g/mol. The lowest BCUT2D eigenvalue weighted by Crippen LogP contribution is -2.49. The van der Waals surface area contributed by atoms with Gasteiger partial charge in [-0.1, -0.05) is 91.0 Å². The van der Waals surface area contributed by atoms with Crippen LogP contribution in [0, 0.1) is 0 Å². The molecule has 1 saturated heterocycles. The van der Waals surface area contributed by atoms with E-state index in [-0.39, 0.29) is 18.7 Å². The van der Waals surface area contributed by atoms with Crippen LogP contribution in [0.1, 0.15) is 28.8 Å². The van der Waals surface area contributed by atoms with Crippen LogP contribution >= 0.6 is 0 Å². The summed E-state index contributed by atoms with van der Waals surface area (Å²) in [6.07, 6.45) is 0. The van der Waals surface area contributed by atoms with Crippen LogP contribution < -0.4 is 0 Å². The Bertz CT molecular complexity index is 838. The third-order valence-electron chi connectivity index (χ3n) is 5.70. The molecule has 0 saturated carbocycles. The predicted octanol–water partition coefficient (Wildman–Crippen LogP) is 4.28. The van der Waals surface area contributed by atoms with Crippen LogP contribution in [-0.2, 0) is 6.54 Å². The van der Waals surface area contributed by atoms with E-state index in [0.717, 1.165) is 26.2 Å². The standard InChI is InChI=1S/C25H28N2O/c28-20-25(23-14-8-3-9-15-23)27-17-16-26(18-21-10-4-1-5-11-21)19-24(27)22-12-6-2-7-13-22/h1-15,24-25,28H,16-20H2/t24-,25-/m0/s1. The van der Waals surface area contributed by atoms with Gasteiger partial charge in [-0.2, -0.15) is 0 Å². The minimum Gasteiger partial charge on any atom is -0.394 e. The van der Waals surface area contributed by atoms with Gasteiger partial charge in [-0.25, -0.2) is 0 Å². The van der Waals surface area contributed by atoms with E-state index >= 15 is 0 Å². The van der Waals surface area contributed by atoms with Crippen molar-refractivity contribution in [3.63, 3.8) is 0 Å². The van der Waals surface area contributed by atoms with Gasteiger partial charge in [0, 0.05) is 32.2 Å². The maximum absolute atomic E-state index is 10.2. The molecule has 3 heteroatoms. The van der Waals surface area contributed by atoms with Crippen molar-refractivity contribution in [3.8, 4) is 0 Å². The fraction of sp³-hybridized carbons (Fsp3) is 0.280. The number of nitrogens with zero attached hydrogens (tertiary/aromatic N) is 2. The first-order valence-electron chi connectivity index (χ1n) is 10.1. The Morgan fingerprint density at radius 1 is 0.786 bits per heavy atom. The van der Waals surface area contributed by atoms with Gasteiger partial charge >= 0.3 is 0 Å². The van der Waals surface area contributed by atoms with Gasteiger partial charge in [-0.3, -0.25) is 9.80 Å². The topological polar surface area (TPSA) is 26.7 Å². The summed E-state index contributed by atoms with van der Waals surface area (Å²) < 4.78 is 0. The highest BCUT2D eigenvalue weighted by molar-refractivity contribution is 5.24. The van der Waals surface area contributed by atoms with Gasteiger partial charge in [-0.05, 0) is 16.7 Å². The molecule has 1 heterocycles. The first-order valence-corrected chi connectivity index (χ1v) is 10.1. The lowest BCUT2D eigenvalue weighted by atomic mass is 9.96. The number of hydrogen-bond acceptors (Lipinski definition) is 3. The summed E-state index contributed by atoms with van der Waals surface area (Å²) in [4.78, 5) is 5.01. The number of piperazine rings is 1. The van der Waals surface area contributed by atoms with E-state index < -0.39 is 0 Å². The van der Waals surface area contributed by atoms with E-state index in [1.165, 1.54) is 16.7 Å². The van der Waals surface area contributed by atoms with Crippen LogP contribution in [0.5, 0.6) is 0 Å². The quantitative estimate of drug-likeness (QED) is 0.700. The Balaban J connectivity index is 1.59. The molecule has 0 radical (unpaired) electrons. The molecule has 0 aliphatic carbocycles. The Hall–Kier alpha value is -2.46. The SMILES string of the molecule is OC[C@@H](c1ccccc1)N1CCN(Cc2ccccc2)C[C@H]1c1ccccc1. The summed E-state index contributed by atoms with van der Waals surface area (Å²) in [5.74, 6) is 0. The zero-order valence-corrected chi connectivity index (χ0v) is 16.2. The Morgan fingerprint density at radius 2 is 1.39 bits per heavy atom. The van der Waals surface area contributed by atoms with Gasteiger partial charge in [0.1, 0.15) is 0 Å². The molecule has 1 N–H and O–H groups in total. The van der Waals surface area contributed by atoms with Crippen molar-refractivity contribution >= 4 is 0 Å². The van der Waals surface area contributed by atoms with Gasteiger partial charge in [0.25, 0.3) is 0 Å². The van der Waals surface area contributed by atoms with Crippen molar-refractivity contribution < 1.29 is 5.11 Å². The van der Waals surface area contributed by atoms with Gasteiger partial charge in [0.05, 0.1) is 12.6 Å². The van der Waals surface area contributed by atoms with E-state index in [4.69, 9.17) is 0 Å². The lowest BCUT2D eigenvalue weighted by Gasteiger charge is -2.45. The molecule has 4 rings (SSSR count). The van der Waals surface area contributed by atoms with E-state index in [1.54, 1.807) is 0 Å². The van der Waals surface area contributed by atoms with Gasteiger partial charge < -0.3 is 5.11 Å². The van der Waals surface area contributed by atoms with E-state index in [0.29, 0.717) is 0 Å². The van der Waals surface area contributed by atoms with Crippen molar-refractivity contribution in [2.45, 2.75) is 18.6 Å². The summed E-state index contributed by atoms with van der Waals surface area (Å²) in [6.45, 7) is 4.00. The molecule has 144 valence electrons. The number of rotatable bonds is 6. The second-order valence-electron chi connectivity index (χ2n) is 7.49. The van der Waals surface area contributed by atoms with Crippen molar-refractivity contribution in [1.29, 1.82) is 0 Å². The maximum atomic E-state index is 10.2. The number of hydrogen-bond donors (Lipinski definition) is 1. The summed E-state index contributed by atoms with van der Waals surface area (Å²) in [5, 5.41) is 10.2.